The van der Waals surface area contributed by atoms with E-state index >= 15 is 8.78 Å². The average molecular weight is 379 g/mol. The number of nitrogens with two attached hydrogens (primary N) is 1. The van der Waals surface area contributed by atoms with Crippen LogP contribution in [-0.4, -0.2) is 37.5 Å². The number of alkyl halides is 1. The lowest BCUT2D eigenvalue weighted by atomic mass is 9.72. The number of benzene rings is 1. The van der Waals surface area contributed by atoms with E-state index in [4.69, 9.17) is 15.2 Å². The van der Waals surface area contributed by atoms with Gasteiger partial charge in [0.1, 0.15) is 5.83 Å². The predicted octanol–water partition coefficient (Wildman–Crippen LogP) is 4.03. The number of aryl methyl sites for hydroxylation is 1. The molecule has 0 aromatic heterocycles. The third kappa shape index (κ3) is 3.56. The summed E-state index contributed by atoms with van der Waals surface area (Å²) in [6, 6.07) is 6.04. The molecule has 6 heteroatoms. The minimum atomic E-state index is -2.09. The third-order valence-electron chi connectivity index (χ3n) is 5.28. The molecule has 0 bridgehead atoms. The van der Waals surface area contributed by atoms with E-state index in [1.54, 1.807) is 32.9 Å². The predicted molar refractivity (Wildman–Crippen MR) is 101 cm³/mol. The lowest BCUT2D eigenvalue weighted by Crippen LogP contribution is -2.59. The molecule has 1 aromatic carbocycles. The van der Waals surface area contributed by atoms with E-state index in [0.29, 0.717) is 16.7 Å². The van der Waals surface area contributed by atoms with Crippen molar-refractivity contribution in [1.29, 1.82) is 0 Å². The maximum absolute atomic E-state index is 15.9. The molecule has 1 aliphatic rings. The molecular formula is C21H27F2NO3. The summed E-state index contributed by atoms with van der Waals surface area (Å²) < 4.78 is 41.5. The van der Waals surface area contributed by atoms with Gasteiger partial charge in [0.15, 0.2) is 11.8 Å². The molecule has 0 amide bonds. The zero-order valence-corrected chi connectivity index (χ0v) is 16.4. The number of ether oxygens (including phenoxy) is 2. The topological polar surface area (TPSA) is 61.5 Å². The van der Waals surface area contributed by atoms with Crippen LogP contribution >= 0.6 is 0 Å². The first kappa shape index (κ1) is 21.3. The molecule has 2 rings (SSSR count). The van der Waals surface area contributed by atoms with Crippen molar-refractivity contribution in [2.24, 2.45) is 5.73 Å². The first-order valence-electron chi connectivity index (χ1n) is 8.96. The molecule has 0 saturated heterocycles. The van der Waals surface area contributed by atoms with E-state index in [0.717, 1.165) is 5.56 Å². The molecule has 1 aromatic rings. The highest BCUT2D eigenvalue weighted by molar-refractivity contribution is 5.81. The smallest absolute Gasteiger partial charge is 0.307 e. The summed E-state index contributed by atoms with van der Waals surface area (Å²) in [6.45, 7) is 6.93. The second kappa shape index (κ2) is 8.31. The van der Waals surface area contributed by atoms with Gasteiger partial charge in [0.05, 0.1) is 19.1 Å². The molecular weight excluding hydrogens is 352 g/mol. The van der Waals surface area contributed by atoms with Crippen LogP contribution in [0.25, 0.3) is 5.57 Å². The van der Waals surface area contributed by atoms with E-state index in [9.17, 15) is 4.79 Å². The SMILES string of the molecule is CCOC(=O)CC(N)C1(OC)C(F)=C(C)C(C)=C(c2ccccc2C)C1F. The van der Waals surface area contributed by atoms with Gasteiger partial charge >= 0.3 is 5.97 Å². The monoisotopic (exact) mass is 379 g/mol. The van der Waals surface area contributed by atoms with Crippen LogP contribution in [0.2, 0.25) is 0 Å². The third-order valence-corrected chi connectivity index (χ3v) is 5.28. The molecule has 0 spiro atoms. The molecule has 1 aliphatic carbocycles. The highest BCUT2D eigenvalue weighted by atomic mass is 19.1. The lowest BCUT2D eigenvalue weighted by molar-refractivity contribution is -0.146. The van der Waals surface area contributed by atoms with Crippen molar-refractivity contribution in [3.8, 4) is 0 Å². The maximum Gasteiger partial charge on any atom is 0.307 e. The largest absolute Gasteiger partial charge is 0.466 e. The number of halogens is 2. The van der Waals surface area contributed by atoms with Gasteiger partial charge < -0.3 is 15.2 Å². The first-order chi connectivity index (χ1) is 12.7. The average Bonchev–Trinajstić information content (AvgIpc) is 2.62. The summed E-state index contributed by atoms with van der Waals surface area (Å²) in [5.74, 6) is -1.41. The van der Waals surface area contributed by atoms with Gasteiger partial charge in [0.2, 0.25) is 0 Å². The number of rotatable bonds is 6. The van der Waals surface area contributed by atoms with Gasteiger partial charge in [-0.25, -0.2) is 8.78 Å². The summed E-state index contributed by atoms with van der Waals surface area (Å²) in [5.41, 5.74) is 6.66. The number of hydrogen-bond donors (Lipinski definition) is 1. The van der Waals surface area contributed by atoms with Gasteiger partial charge in [0, 0.05) is 12.7 Å². The number of carbonyl (C=O) groups excluding carboxylic acids is 1. The number of carbonyl (C=O) groups is 1. The van der Waals surface area contributed by atoms with Crippen molar-refractivity contribution in [2.75, 3.05) is 13.7 Å². The van der Waals surface area contributed by atoms with Gasteiger partial charge in [0.25, 0.3) is 0 Å². The van der Waals surface area contributed by atoms with Gasteiger partial charge in [-0.05, 0) is 50.0 Å². The van der Waals surface area contributed by atoms with Gasteiger partial charge in [-0.15, -0.1) is 0 Å². The highest BCUT2D eigenvalue weighted by Gasteiger charge is 2.55. The fourth-order valence-electron chi connectivity index (χ4n) is 3.64. The normalized spacial score (nSPS) is 24.2. The standard InChI is InChI=1S/C21H27F2NO3/c1-6-27-17(25)11-16(24)21(26-5)19(22)14(4)13(3)18(20(21)23)15-10-8-7-9-12(15)2/h7-10,16,20H,6,11,24H2,1-5H3. The molecule has 0 heterocycles. The van der Waals surface area contributed by atoms with Crippen molar-refractivity contribution in [3.05, 3.63) is 52.4 Å². The Balaban J connectivity index is 2.61. The van der Waals surface area contributed by atoms with Crippen molar-refractivity contribution in [3.63, 3.8) is 0 Å². The molecule has 3 unspecified atom stereocenters. The highest BCUT2D eigenvalue weighted by Crippen LogP contribution is 2.48. The van der Waals surface area contributed by atoms with E-state index in [-0.39, 0.29) is 18.6 Å². The van der Waals surface area contributed by atoms with Crippen molar-refractivity contribution < 1.29 is 23.0 Å². The van der Waals surface area contributed by atoms with Gasteiger partial charge in [-0.2, -0.15) is 0 Å². The number of hydrogen-bond acceptors (Lipinski definition) is 4. The molecule has 4 nitrogen and oxygen atoms in total. The maximum atomic E-state index is 15.9. The number of allylic oxidation sites excluding steroid dienone is 2. The lowest BCUT2D eigenvalue weighted by Gasteiger charge is -2.43. The molecule has 2 N–H and O–H groups in total. The Labute approximate surface area is 159 Å². The molecule has 0 fully saturated rings. The van der Waals surface area contributed by atoms with Crippen LogP contribution in [-0.2, 0) is 14.3 Å². The summed E-state index contributed by atoms with van der Waals surface area (Å²) >= 11 is 0. The summed E-state index contributed by atoms with van der Waals surface area (Å²) in [5, 5.41) is 0. The van der Waals surface area contributed by atoms with Crippen LogP contribution in [0.15, 0.2) is 41.2 Å². The zero-order chi connectivity index (χ0) is 20.4. The Hall–Kier alpha value is -2.05. The van der Waals surface area contributed by atoms with Crippen LogP contribution in [0.5, 0.6) is 0 Å². The molecule has 0 aliphatic heterocycles. The number of esters is 1. The van der Waals surface area contributed by atoms with E-state index in [1.807, 2.05) is 19.1 Å². The molecule has 3 atom stereocenters. The molecule has 0 radical (unpaired) electrons. The van der Waals surface area contributed by atoms with Gasteiger partial charge in [-0.3, -0.25) is 4.79 Å². The molecule has 27 heavy (non-hydrogen) atoms. The fourth-order valence-corrected chi connectivity index (χ4v) is 3.64. The van der Waals surface area contributed by atoms with E-state index in [1.165, 1.54) is 7.11 Å². The number of methoxy groups -OCH3 is 1. The van der Waals surface area contributed by atoms with Crippen molar-refractivity contribution in [1.82, 2.24) is 0 Å². The van der Waals surface area contributed by atoms with Crippen LogP contribution in [0.4, 0.5) is 8.78 Å². The van der Waals surface area contributed by atoms with Gasteiger partial charge in [-0.1, -0.05) is 24.3 Å². The summed E-state index contributed by atoms with van der Waals surface area (Å²) in [6.07, 6.45) is -2.24. The summed E-state index contributed by atoms with van der Waals surface area (Å²) in [4.78, 5) is 11.9. The molecule has 148 valence electrons. The Kier molecular flexibility index (Phi) is 6.54. The quantitative estimate of drug-likeness (QED) is 0.758. The minimum Gasteiger partial charge on any atom is -0.466 e. The zero-order valence-electron chi connectivity index (χ0n) is 16.4. The Morgan fingerprint density at radius 3 is 2.44 bits per heavy atom. The van der Waals surface area contributed by atoms with E-state index < -0.39 is 29.6 Å². The van der Waals surface area contributed by atoms with Crippen LogP contribution in [0, 0.1) is 6.92 Å². The van der Waals surface area contributed by atoms with Crippen LogP contribution < -0.4 is 5.73 Å². The van der Waals surface area contributed by atoms with E-state index in [2.05, 4.69) is 0 Å². The Morgan fingerprint density at radius 1 is 1.26 bits per heavy atom. The Morgan fingerprint density at radius 2 is 1.89 bits per heavy atom. The van der Waals surface area contributed by atoms with Crippen LogP contribution in [0.3, 0.4) is 0 Å². The van der Waals surface area contributed by atoms with Crippen molar-refractivity contribution in [2.45, 2.75) is 51.9 Å². The second-order valence-corrected chi connectivity index (χ2v) is 6.77. The summed E-state index contributed by atoms with van der Waals surface area (Å²) in [7, 11) is 1.21. The first-order valence-corrected chi connectivity index (χ1v) is 8.96. The fraction of sp³-hybridized carbons (Fsp3) is 0.476. The van der Waals surface area contributed by atoms with Crippen molar-refractivity contribution >= 4 is 11.5 Å². The second-order valence-electron chi connectivity index (χ2n) is 6.77. The minimum absolute atomic E-state index is 0.162. The Bertz CT molecular complexity index is 787. The molecule has 0 saturated carbocycles. The van der Waals surface area contributed by atoms with Crippen LogP contribution in [0.1, 0.15) is 38.3 Å².